The third-order valence-corrected chi connectivity index (χ3v) is 2.46. The highest BCUT2D eigenvalue weighted by molar-refractivity contribution is 5.96. The number of nitrogens with one attached hydrogen (secondary N) is 1. The zero-order valence-electron chi connectivity index (χ0n) is 8.85. The second-order valence-electron chi connectivity index (χ2n) is 3.64. The average molecular weight is 222 g/mol. The Hall–Kier alpha value is -1.69. The summed E-state index contributed by atoms with van der Waals surface area (Å²) in [5.74, 6) is -0.159. The van der Waals surface area contributed by atoms with Gasteiger partial charge in [-0.05, 0) is 12.8 Å². The maximum atomic E-state index is 11.7. The number of rotatable bonds is 3. The molecular formula is C10H14N4O2. The summed E-state index contributed by atoms with van der Waals surface area (Å²) in [7, 11) is 0. The number of nitrogen functional groups attached to an aromatic ring is 1. The molecule has 1 atom stereocenters. The summed E-state index contributed by atoms with van der Waals surface area (Å²) in [5.41, 5.74) is 5.71. The Morgan fingerprint density at radius 1 is 1.56 bits per heavy atom. The SMILES string of the molecule is Nc1nccnc1C(=O)NC[C@H]1CCCO1. The molecule has 1 fully saturated rings. The van der Waals surface area contributed by atoms with Crippen LogP contribution in [0.2, 0.25) is 0 Å². The van der Waals surface area contributed by atoms with Gasteiger partial charge in [-0.15, -0.1) is 0 Å². The molecule has 0 bridgehead atoms. The normalized spacial score (nSPS) is 19.6. The van der Waals surface area contributed by atoms with Crippen molar-refractivity contribution in [3.05, 3.63) is 18.1 Å². The van der Waals surface area contributed by atoms with Crippen LogP contribution in [0.1, 0.15) is 23.3 Å². The van der Waals surface area contributed by atoms with Crippen LogP contribution in [0.3, 0.4) is 0 Å². The summed E-state index contributed by atoms with van der Waals surface area (Å²) in [6, 6.07) is 0. The Labute approximate surface area is 93.2 Å². The number of carbonyl (C=O) groups excluding carboxylic acids is 1. The van der Waals surface area contributed by atoms with Crippen LogP contribution in [0.15, 0.2) is 12.4 Å². The van der Waals surface area contributed by atoms with Crippen LogP contribution in [0.4, 0.5) is 5.82 Å². The fourth-order valence-corrected chi connectivity index (χ4v) is 1.62. The minimum atomic E-state index is -0.305. The molecule has 0 radical (unpaired) electrons. The van der Waals surface area contributed by atoms with E-state index in [1.54, 1.807) is 0 Å². The molecule has 16 heavy (non-hydrogen) atoms. The lowest BCUT2D eigenvalue weighted by Gasteiger charge is -2.10. The first-order valence-corrected chi connectivity index (χ1v) is 5.23. The smallest absolute Gasteiger partial charge is 0.273 e. The maximum absolute atomic E-state index is 11.7. The van der Waals surface area contributed by atoms with Gasteiger partial charge in [0.15, 0.2) is 11.5 Å². The standard InChI is InChI=1S/C10H14N4O2/c11-9-8(12-3-4-13-9)10(15)14-6-7-2-1-5-16-7/h3-4,7H,1-2,5-6H2,(H2,11,13)(H,14,15)/t7-/m1/s1. The van der Waals surface area contributed by atoms with Crippen molar-refractivity contribution in [2.24, 2.45) is 0 Å². The summed E-state index contributed by atoms with van der Waals surface area (Å²) in [6.45, 7) is 1.27. The molecule has 6 nitrogen and oxygen atoms in total. The van der Waals surface area contributed by atoms with Gasteiger partial charge in [0.2, 0.25) is 0 Å². The Morgan fingerprint density at radius 3 is 3.06 bits per heavy atom. The lowest BCUT2D eigenvalue weighted by Crippen LogP contribution is -2.32. The molecule has 1 aliphatic heterocycles. The van der Waals surface area contributed by atoms with Crippen molar-refractivity contribution in [3.8, 4) is 0 Å². The number of aromatic nitrogens is 2. The highest BCUT2D eigenvalue weighted by Gasteiger charge is 2.18. The molecule has 6 heteroatoms. The van der Waals surface area contributed by atoms with E-state index in [2.05, 4.69) is 15.3 Å². The second-order valence-corrected chi connectivity index (χ2v) is 3.64. The predicted octanol–water partition coefficient (Wildman–Crippen LogP) is -0.0324. The minimum absolute atomic E-state index is 0.113. The van der Waals surface area contributed by atoms with Gasteiger partial charge in [-0.25, -0.2) is 9.97 Å². The summed E-state index contributed by atoms with van der Waals surface area (Å²) in [5, 5.41) is 2.74. The third kappa shape index (κ3) is 2.46. The summed E-state index contributed by atoms with van der Waals surface area (Å²) in [4.78, 5) is 19.4. The first-order chi connectivity index (χ1) is 7.77. The van der Waals surface area contributed by atoms with Crippen molar-refractivity contribution in [2.45, 2.75) is 18.9 Å². The van der Waals surface area contributed by atoms with Crippen molar-refractivity contribution in [1.82, 2.24) is 15.3 Å². The number of carbonyl (C=O) groups is 1. The van der Waals surface area contributed by atoms with E-state index in [0.29, 0.717) is 6.54 Å². The molecule has 0 aromatic carbocycles. The minimum Gasteiger partial charge on any atom is -0.382 e. The van der Waals surface area contributed by atoms with E-state index in [9.17, 15) is 4.79 Å². The molecule has 2 rings (SSSR count). The second kappa shape index (κ2) is 4.89. The molecule has 0 saturated carbocycles. The van der Waals surface area contributed by atoms with E-state index >= 15 is 0 Å². The van der Waals surface area contributed by atoms with Gasteiger partial charge in [-0.2, -0.15) is 0 Å². The molecule has 86 valence electrons. The van der Waals surface area contributed by atoms with Crippen molar-refractivity contribution in [3.63, 3.8) is 0 Å². The lowest BCUT2D eigenvalue weighted by atomic mass is 10.2. The quantitative estimate of drug-likeness (QED) is 0.749. The van der Waals surface area contributed by atoms with E-state index in [1.165, 1.54) is 12.4 Å². The summed E-state index contributed by atoms with van der Waals surface area (Å²) >= 11 is 0. The van der Waals surface area contributed by atoms with E-state index < -0.39 is 0 Å². The molecule has 2 heterocycles. The fourth-order valence-electron chi connectivity index (χ4n) is 1.62. The fraction of sp³-hybridized carbons (Fsp3) is 0.500. The topological polar surface area (TPSA) is 90.1 Å². The molecule has 1 saturated heterocycles. The van der Waals surface area contributed by atoms with Crippen molar-refractivity contribution < 1.29 is 9.53 Å². The number of nitrogens with zero attached hydrogens (tertiary/aromatic N) is 2. The molecular weight excluding hydrogens is 208 g/mol. The van der Waals surface area contributed by atoms with Crippen LogP contribution in [0.25, 0.3) is 0 Å². The van der Waals surface area contributed by atoms with E-state index in [0.717, 1.165) is 19.4 Å². The Balaban J connectivity index is 1.90. The average Bonchev–Trinajstić information content (AvgIpc) is 2.79. The third-order valence-electron chi connectivity index (χ3n) is 2.46. The Bertz CT molecular complexity index is 377. The molecule has 0 spiro atoms. The molecule has 1 aromatic rings. The predicted molar refractivity (Wildman–Crippen MR) is 57.8 cm³/mol. The van der Waals surface area contributed by atoms with E-state index in [4.69, 9.17) is 10.5 Å². The number of hydrogen-bond acceptors (Lipinski definition) is 5. The lowest BCUT2D eigenvalue weighted by molar-refractivity contribution is 0.0854. The zero-order chi connectivity index (χ0) is 11.4. The van der Waals surface area contributed by atoms with Gasteiger partial charge in [0.05, 0.1) is 6.10 Å². The van der Waals surface area contributed by atoms with Gasteiger partial charge in [-0.3, -0.25) is 4.79 Å². The van der Waals surface area contributed by atoms with Crippen LogP contribution < -0.4 is 11.1 Å². The maximum Gasteiger partial charge on any atom is 0.273 e. The van der Waals surface area contributed by atoms with Crippen LogP contribution >= 0.6 is 0 Å². The molecule has 1 amide bonds. The molecule has 1 aromatic heterocycles. The van der Waals surface area contributed by atoms with E-state index in [1.807, 2.05) is 0 Å². The van der Waals surface area contributed by atoms with Gasteiger partial charge in [0.25, 0.3) is 5.91 Å². The zero-order valence-corrected chi connectivity index (χ0v) is 8.85. The van der Waals surface area contributed by atoms with Crippen LogP contribution in [0.5, 0.6) is 0 Å². The molecule has 3 N–H and O–H groups in total. The first-order valence-electron chi connectivity index (χ1n) is 5.23. The number of ether oxygens (including phenoxy) is 1. The highest BCUT2D eigenvalue weighted by Crippen LogP contribution is 2.11. The van der Waals surface area contributed by atoms with Crippen molar-refractivity contribution in [1.29, 1.82) is 0 Å². The number of amides is 1. The number of anilines is 1. The molecule has 0 aliphatic carbocycles. The molecule has 1 aliphatic rings. The van der Waals surface area contributed by atoms with Crippen molar-refractivity contribution in [2.75, 3.05) is 18.9 Å². The monoisotopic (exact) mass is 222 g/mol. The van der Waals surface area contributed by atoms with Gasteiger partial charge in [-0.1, -0.05) is 0 Å². The van der Waals surface area contributed by atoms with Crippen LogP contribution in [0, 0.1) is 0 Å². The summed E-state index contributed by atoms with van der Waals surface area (Å²) < 4.78 is 5.39. The van der Waals surface area contributed by atoms with Crippen molar-refractivity contribution >= 4 is 11.7 Å². The number of nitrogens with two attached hydrogens (primary N) is 1. The van der Waals surface area contributed by atoms with Crippen LogP contribution in [-0.2, 0) is 4.74 Å². The Kier molecular flexibility index (Phi) is 3.31. The highest BCUT2D eigenvalue weighted by atomic mass is 16.5. The Morgan fingerprint density at radius 2 is 2.38 bits per heavy atom. The van der Waals surface area contributed by atoms with Gasteiger partial charge < -0.3 is 15.8 Å². The molecule has 0 unspecified atom stereocenters. The van der Waals surface area contributed by atoms with Gasteiger partial charge >= 0.3 is 0 Å². The largest absolute Gasteiger partial charge is 0.382 e. The van der Waals surface area contributed by atoms with Gasteiger partial charge in [0.1, 0.15) is 0 Å². The van der Waals surface area contributed by atoms with Crippen LogP contribution in [-0.4, -0.2) is 35.1 Å². The van der Waals surface area contributed by atoms with Gasteiger partial charge in [0, 0.05) is 25.5 Å². The van der Waals surface area contributed by atoms with E-state index in [-0.39, 0.29) is 23.5 Å². The first kappa shape index (κ1) is 10.8. The number of hydrogen-bond donors (Lipinski definition) is 2. The summed E-state index contributed by atoms with van der Waals surface area (Å²) in [6.07, 6.45) is 5.04.